The minimum Gasteiger partial charge on any atom is -0.496 e. The molecule has 1 unspecified atom stereocenters. The molecule has 0 aliphatic rings. The van der Waals surface area contributed by atoms with Crippen LogP contribution in [0.2, 0.25) is 0 Å². The molecule has 0 saturated carbocycles. The second-order valence-corrected chi connectivity index (χ2v) is 5.15. The van der Waals surface area contributed by atoms with Gasteiger partial charge < -0.3 is 10.1 Å². The summed E-state index contributed by atoms with van der Waals surface area (Å²) in [4.78, 5) is 0. The molecule has 21 heavy (non-hydrogen) atoms. The highest BCUT2D eigenvalue weighted by Gasteiger charge is 2.16. The Bertz CT molecular complexity index is 585. The zero-order valence-corrected chi connectivity index (χ0v) is 12.8. The molecule has 1 N–H and O–H groups in total. The number of hydrogen-bond donors (Lipinski definition) is 1. The normalized spacial score (nSPS) is 13.7. The maximum absolute atomic E-state index is 13.4. The summed E-state index contributed by atoms with van der Waals surface area (Å²) in [6.45, 7) is 4.19. The lowest BCUT2D eigenvalue weighted by atomic mass is 10.0. The van der Waals surface area contributed by atoms with Gasteiger partial charge in [-0.2, -0.15) is 0 Å². The van der Waals surface area contributed by atoms with Crippen molar-refractivity contribution >= 4 is 0 Å². The van der Waals surface area contributed by atoms with Gasteiger partial charge in [-0.1, -0.05) is 37.3 Å². The van der Waals surface area contributed by atoms with Crippen molar-refractivity contribution in [2.45, 2.75) is 32.4 Å². The van der Waals surface area contributed by atoms with Crippen molar-refractivity contribution in [1.82, 2.24) is 5.32 Å². The maximum Gasteiger partial charge on any atom is 0.123 e. The van der Waals surface area contributed by atoms with E-state index in [2.05, 4.69) is 25.2 Å². The van der Waals surface area contributed by atoms with Gasteiger partial charge in [0.15, 0.2) is 0 Å². The maximum atomic E-state index is 13.4. The molecular weight excluding hydrogens is 265 g/mol. The Morgan fingerprint density at radius 1 is 1.14 bits per heavy atom. The predicted molar refractivity (Wildman–Crippen MR) is 84.0 cm³/mol. The molecular formula is C18H22FNO. The summed E-state index contributed by atoms with van der Waals surface area (Å²) in [7, 11) is 1.68. The largest absolute Gasteiger partial charge is 0.496 e. The third kappa shape index (κ3) is 3.82. The quantitative estimate of drug-likeness (QED) is 0.836. The molecule has 2 nitrogen and oxygen atoms in total. The lowest BCUT2D eigenvalue weighted by molar-refractivity contribution is 0.391. The fraction of sp³-hybridized carbons (Fsp3) is 0.333. The number of halogens is 1. The number of ether oxygens (including phenoxy) is 1. The molecule has 0 aliphatic carbocycles. The predicted octanol–water partition coefficient (Wildman–Crippen LogP) is 4.64. The monoisotopic (exact) mass is 287 g/mol. The molecule has 2 aromatic carbocycles. The molecule has 0 saturated heterocycles. The third-order valence-electron chi connectivity index (χ3n) is 3.72. The summed E-state index contributed by atoms with van der Waals surface area (Å²) in [6, 6.07) is 15.0. The van der Waals surface area contributed by atoms with Crippen LogP contribution in [0.25, 0.3) is 0 Å². The Hall–Kier alpha value is -1.87. The fourth-order valence-corrected chi connectivity index (χ4v) is 2.59. The van der Waals surface area contributed by atoms with E-state index in [9.17, 15) is 4.39 Å². The van der Waals surface area contributed by atoms with Crippen LogP contribution in [0.15, 0.2) is 48.5 Å². The van der Waals surface area contributed by atoms with Gasteiger partial charge >= 0.3 is 0 Å². The molecule has 2 rings (SSSR count). The molecule has 0 aromatic heterocycles. The van der Waals surface area contributed by atoms with Crippen molar-refractivity contribution in [3.63, 3.8) is 0 Å². The van der Waals surface area contributed by atoms with Crippen LogP contribution < -0.4 is 10.1 Å². The van der Waals surface area contributed by atoms with Gasteiger partial charge in [0.2, 0.25) is 0 Å². The van der Waals surface area contributed by atoms with E-state index in [1.165, 1.54) is 6.07 Å². The lowest BCUT2D eigenvalue weighted by Gasteiger charge is -2.24. The summed E-state index contributed by atoms with van der Waals surface area (Å²) >= 11 is 0. The van der Waals surface area contributed by atoms with Crippen molar-refractivity contribution in [2.24, 2.45) is 0 Å². The molecule has 112 valence electrons. The zero-order chi connectivity index (χ0) is 15.2. The molecule has 0 bridgehead atoms. The minimum absolute atomic E-state index is 0.112. The van der Waals surface area contributed by atoms with Gasteiger partial charge in [0.1, 0.15) is 11.6 Å². The highest BCUT2D eigenvalue weighted by Crippen LogP contribution is 2.28. The van der Waals surface area contributed by atoms with Crippen molar-refractivity contribution in [3.8, 4) is 5.75 Å². The number of methoxy groups -OCH3 is 1. The first-order valence-electron chi connectivity index (χ1n) is 7.30. The summed E-state index contributed by atoms with van der Waals surface area (Å²) in [5.74, 6) is 0.671. The van der Waals surface area contributed by atoms with E-state index in [4.69, 9.17) is 4.74 Å². The number of nitrogens with one attached hydrogen (secondary N) is 1. The zero-order valence-electron chi connectivity index (χ0n) is 12.8. The summed E-state index contributed by atoms with van der Waals surface area (Å²) in [5.41, 5.74) is 2.08. The molecule has 0 heterocycles. The molecule has 2 atom stereocenters. The Morgan fingerprint density at radius 3 is 2.57 bits per heavy atom. The van der Waals surface area contributed by atoms with Crippen LogP contribution in [-0.2, 0) is 0 Å². The average molecular weight is 287 g/mol. The van der Waals surface area contributed by atoms with Crippen LogP contribution in [0.5, 0.6) is 5.75 Å². The van der Waals surface area contributed by atoms with Crippen LogP contribution in [0, 0.1) is 5.82 Å². The first kappa shape index (κ1) is 15.5. The van der Waals surface area contributed by atoms with Crippen LogP contribution in [0.3, 0.4) is 0 Å². The van der Waals surface area contributed by atoms with E-state index in [-0.39, 0.29) is 17.9 Å². The second-order valence-electron chi connectivity index (χ2n) is 5.15. The first-order chi connectivity index (χ1) is 10.2. The Kier molecular flexibility index (Phi) is 5.34. The van der Waals surface area contributed by atoms with Gasteiger partial charge in [-0.05, 0) is 37.1 Å². The molecule has 0 fully saturated rings. The van der Waals surface area contributed by atoms with Gasteiger partial charge in [0, 0.05) is 17.6 Å². The van der Waals surface area contributed by atoms with Crippen molar-refractivity contribution in [2.75, 3.05) is 7.11 Å². The smallest absolute Gasteiger partial charge is 0.123 e. The van der Waals surface area contributed by atoms with Gasteiger partial charge in [0.25, 0.3) is 0 Å². The Morgan fingerprint density at radius 2 is 1.90 bits per heavy atom. The van der Waals surface area contributed by atoms with E-state index in [0.29, 0.717) is 0 Å². The SMILES string of the molecule is CCC(N[C@H](C)c1ccccc1OC)c1cccc(F)c1. The topological polar surface area (TPSA) is 21.3 Å². The fourth-order valence-electron chi connectivity index (χ4n) is 2.59. The molecule has 3 heteroatoms. The van der Waals surface area contributed by atoms with E-state index in [1.807, 2.05) is 24.3 Å². The number of hydrogen-bond acceptors (Lipinski definition) is 2. The number of benzene rings is 2. The van der Waals surface area contributed by atoms with Gasteiger partial charge in [-0.15, -0.1) is 0 Å². The number of rotatable bonds is 6. The van der Waals surface area contributed by atoms with E-state index < -0.39 is 0 Å². The van der Waals surface area contributed by atoms with Gasteiger partial charge in [-0.25, -0.2) is 4.39 Å². The Balaban J connectivity index is 2.18. The van der Waals surface area contributed by atoms with E-state index >= 15 is 0 Å². The first-order valence-corrected chi connectivity index (χ1v) is 7.30. The average Bonchev–Trinajstić information content (AvgIpc) is 2.52. The van der Waals surface area contributed by atoms with Crippen LogP contribution in [-0.4, -0.2) is 7.11 Å². The van der Waals surface area contributed by atoms with E-state index in [1.54, 1.807) is 19.2 Å². The second kappa shape index (κ2) is 7.23. The molecule has 0 spiro atoms. The molecule has 0 aliphatic heterocycles. The molecule has 2 aromatic rings. The summed E-state index contributed by atoms with van der Waals surface area (Å²) < 4.78 is 18.8. The lowest BCUT2D eigenvalue weighted by Crippen LogP contribution is -2.24. The van der Waals surface area contributed by atoms with Crippen molar-refractivity contribution in [3.05, 3.63) is 65.5 Å². The van der Waals surface area contributed by atoms with Crippen LogP contribution in [0.4, 0.5) is 4.39 Å². The molecule has 0 radical (unpaired) electrons. The van der Waals surface area contributed by atoms with Gasteiger partial charge in [-0.3, -0.25) is 0 Å². The van der Waals surface area contributed by atoms with Crippen molar-refractivity contribution in [1.29, 1.82) is 0 Å². The number of para-hydroxylation sites is 1. The van der Waals surface area contributed by atoms with Crippen LogP contribution in [0.1, 0.15) is 43.5 Å². The third-order valence-corrected chi connectivity index (χ3v) is 3.72. The van der Waals surface area contributed by atoms with E-state index in [0.717, 1.165) is 23.3 Å². The highest BCUT2D eigenvalue weighted by atomic mass is 19.1. The summed E-state index contributed by atoms with van der Waals surface area (Å²) in [5, 5.41) is 3.55. The van der Waals surface area contributed by atoms with Crippen molar-refractivity contribution < 1.29 is 9.13 Å². The Labute approximate surface area is 126 Å². The highest BCUT2D eigenvalue weighted by molar-refractivity contribution is 5.35. The minimum atomic E-state index is -0.197. The van der Waals surface area contributed by atoms with Crippen LogP contribution >= 0.6 is 0 Å². The van der Waals surface area contributed by atoms with Gasteiger partial charge in [0.05, 0.1) is 7.11 Å². The standard InChI is InChI=1S/C18H22FNO/c1-4-17(14-8-7-9-15(19)12-14)20-13(2)16-10-5-6-11-18(16)21-3/h5-13,17,20H,4H2,1-3H3/t13-,17?/m1/s1. The summed E-state index contributed by atoms with van der Waals surface area (Å²) in [6.07, 6.45) is 0.892. The molecule has 0 amide bonds.